The van der Waals surface area contributed by atoms with Gasteiger partial charge in [0.25, 0.3) is 5.91 Å². The SMILES string of the molecule is Cc1cnc(NC(=O)c2occc2COc2ccccc2)s1. The molecule has 1 amide bonds. The standard InChI is InChI=1S/C16H14N2O3S/c1-11-9-17-16(22-11)18-15(19)14-12(7-8-20-14)10-21-13-5-3-2-4-6-13/h2-9H,10H2,1H3,(H,17,18,19). The number of thiazole rings is 1. The number of rotatable bonds is 5. The summed E-state index contributed by atoms with van der Waals surface area (Å²) < 4.78 is 10.9. The summed E-state index contributed by atoms with van der Waals surface area (Å²) in [6.07, 6.45) is 3.19. The normalized spacial score (nSPS) is 10.4. The van der Waals surface area contributed by atoms with Crippen LogP contribution in [0.2, 0.25) is 0 Å². The van der Waals surface area contributed by atoms with Crippen LogP contribution in [-0.4, -0.2) is 10.9 Å². The van der Waals surface area contributed by atoms with Gasteiger partial charge in [0.15, 0.2) is 10.9 Å². The number of furan rings is 1. The van der Waals surface area contributed by atoms with Crippen LogP contribution in [0.25, 0.3) is 0 Å². The van der Waals surface area contributed by atoms with Gasteiger partial charge in [-0.2, -0.15) is 0 Å². The Balaban J connectivity index is 1.67. The molecule has 22 heavy (non-hydrogen) atoms. The number of ether oxygens (including phenoxy) is 1. The number of hydrogen-bond donors (Lipinski definition) is 1. The Bertz CT molecular complexity index is 765. The van der Waals surface area contributed by atoms with E-state index < -0.39 is 0 Å². The number of para-hydroxylation sites is 1. The summed E-state index contributed by atoms with van der Waals surface area (Å²) in [6.45, 7) is 2.19. The number of anilines is 1. The molecule has 5 nitrogen and oxygen atoms in total. The van der Waals surface area contributed by atoms with Gasteiger partial charge < -0.3 is 9.15 Å². The molecule has 0 bridgehead atoms. The van der Waals surface area contributed by atoms with E-state index in [0.29, 0.717) is 10.7 Å². The molecule has 0 aliphatic heterocycles. The predicted molar refractivity (Wildman–Crippen MR) is 84.3 cm³/mol. The molecular weight excluding hydrogens is 300 g/mol. The average molecular weight is 314 g/mol. The second kappa shape index (κ2) is 6.44. The van der Waals surface area contributed by atoms with Crippen LogP contribution in [0.3, 0.4) is 0 Å². The van der Waals surface area contributed by atoms with Gasteiger partial charge in [0.1, 0.15) is 12.4 Å². The first-order valence-corrected chi connectivity index (χ1v) is 7.52. The van der Waals surface area contributed by atoms with E-state index in [1.54, 1.807) is 12.3 Å². The van der Waals surface area contributed by atoms with Gasteiger partial charge in [0, 0.05) is 16.6 Å². The Morgan fingerprint density at radius 1 is 1.32 bits per heavy atom. The van der Waals surface area contributed by atoms with Crippen molar-refractivity contribution in [1.82, 2.24) is 4.98 Å². The van der Waals surface area contributed by atoms with Crippen LogP contribution in [-0.2, 0) is 6.61 Å². The first-order valence-electron chi connectivity index (χ1n) is 6.70. The molecule has 2 aromatic heterocycles. The fraction of sp³-hybridized carbons (Fsp3) is 0.125. The highest BCUT2D eigenvalue weighted by Crippen LogP contribution is 2.20. The molecule has 0 saturated carbocycles. The van der Waals surface area contributed by atoms with Crippen LogP contribution in [0.1, 0.15) is 21.0 Å². The quantitative estimate of drug-likeness (QED) is 0.776. The minimum atomic E-state index is -0.328. The van der Waals surface area contributed by atoms with Crippen molar-refractivity contribution in [2.45, 2.75) is 13.5 Å². The summed E-state index contributed by atoms with van der Waals surface area (Å²) in [5.74, 6) is 0.653. The third kappa shape index (κ3) is 3.35. The van der Waals surface area contributed by atoms with Crippen LogP contribution in [0, 0.1) is 6.92 Å². The van der Waals surface area contributed by atoms with Crippen molar-refractivity contribution in [3.63, 3.8) is 0 Å². The fourth-order valence-electron chi connectivity index (χ4n) is 1.89. The second-order valence-electron chi connectivity index (χ2n) is 4.61. The monoisotopic (exact) mass is 314 g/mol. The molecule has 3 aromatic rings. The van der Waals surface area contributed by atoms with Gasteiger partial charge in [0.05, 0.1) is 6.26 Å². The lowest BCUT2D eigenvalue weighted by molar-refractivity contribution is 0.0993. The number of amides is 1. The zero-order valence-corrected chi connectivity index (χ0v) is 12.7. The lowest BCUT2D eigenvalue weighted by Crippen LogP contribution is -2.13. The lowest BCUT2D eigenvalue weighted by Gasteiger charge is -2.06. The number of carbonyl (C=O) groups excluding carboxylic acids is 1. The minimum Gasteiger partial charge on any atom is -0.489 e. The highest BCUT2D eigenvalue weighted by atomic mass is 32.1. The Labute approximate surface area is 131 Å². The third-order valence-electron chi connectivity index (χ3n) is 2.93. The predicted octanol–water partition coefficient (Wildman–Crippen LogP) is 3.88. The molecule has 1 N–H and O–H groups in total. The molecule has 0 radical (unpaired) electrons. The molecule has 0 unspecified atom stereocenters. The summed E-state index contributed by atoms with van der Waals surface area (Å²) in [5.41, 5.74) is 0.689. The van der Waals surface area contributed by atoms with Crippen LogP contribution in [0.15, 0.2) is 53.3 Å². The summed E-state index contributed by atoms with van der Waals surface area (Å²) in [5, 5.41) is 3.27. The highest BCUT2D eigenvalue weighted by molar-refractivity contribution is 7.15. The number of nitrogens with zero attached hydrogens (tertiary/aromatic N) is 1. The molecule has 0 spiro atoms. The summed E-state index contributed by atoms with van der Waals surface area (Å²) in [7, 11) is 0. The number of aromatic nitrogens is 1. The van der Waals surface area contributed by atoms with Gasteiger partial charge in [-0.1, -0.05) is 18.2 Å². The van der Waals surface area contributed by atoms with Crippen molar-refractivity contribution in [3.05, 3.63) is 65.1 Å². The van der Waals surface area contributed by atoms with Crippen LogP contribution < -0.4 is 10.1 Å². The van der Waals surface area contributed by atoms with E-state index in [-0.39, 0.29) is 18.3 Å². The number of hydrogen-bond acceptors (Lipinski definition) is 5. The van der Waals surface area contributed by atoms with Crippen LogP contribution in [0.5, 0.6) is 5.75 Å². The van der Waals surface area contributed by atoms with Gasteiger partial charge in [-0.3, -0.25) is 10.1 Å². The maximum Gasteiger partial charge on any atom is 0.293 e. The molecule has 1 aromatic carbocycles. The molecule has 2 heterocycles. The van der Waals surface area contributed by atoms with Crippen molar-refractivity contribution < 1.29 is 13.9 Å². The molecule has 0 aliphatic rings. The summed E-state index contributed by atoms with van der Waals surface area (Å²) in [6, 6.07) is 11.1. The molecule has 0 fully saturated rings. The fourth-order valence-corrected chi connectivity index (χ4v) is 2.55. The molecule has 6 heteroatoms. The van der Waals surface area contributed by atoms with Crippen LogP contribution >= 0.6 is 11.3 Å². The van der Waals surface area contributed by atoms with E-state index in [9.17, 15) is 4.79 Å². The maximum absolute atomic E-state index is 12.2. The van der Waals surface area contributed by atoms with Gasteiger partial charge in [-0.15, -0.1) is 11.3 Å². The molecular formula is C16H14N2O3S. The van der Waals surface area contributed by atoms with Crippen molar-refractivity contribution in [3.8, 4) is 5.75 Å². The first-order chi connectivity index (χ1) is 10.7. The molecule has 3 rings (SSSR count). The van der Waals surface area contributed by atoms with E-state index in [4.69, 9.17) is 9.15 Å². The number of carbonyl (C=O) groups is 1. The number of nitrogens with one attached hydrogen (secondary N) is 1. The van der Waals surface area contributed by atoms with Crippen molar-refractivity contribution in [1.29, 1.82) is 0 Å². The van der Waals surface area contributed by atoms with E-state index >= 15 is 0 Å². The van der Waals surface area contributed by atoms with E-state index in [1.807, 2.05) is 37.3 Å². The lowest BCUT2D eigenvalue weighted by atomic mass is 10.2. The van der Waals surface area contributed by atoms with Gasteiger partial charge in [0.2, 0.25) is 0 Å². The molecule has 0 saturated heterocycles. The Morgan fingerprint density at radius 2 is 2.14 bits per heavy atom. The van der Waals surface area contributed by atoms with Crippen LogP contribution in [0.4, 0.5) is 5.13 Å². The zero-order valence-electron chi connectivity index (χ0n) is 11.9. The first kappa shape index (κ1) is 14.3. The molecule has 0 atom stereocenters. The smallest absolute Gasteiger partial charge is 0.293 e. The summed E-state index contributed by atoms with van der Waals surface area (Å²) >= 11 is 1.41. The number of benzene rings is 1. The summed E-state index contributed by atoms with van der Waals surface area (Å²) in [4.78, 5) is 17.4. The second-order valence-corrected chi connectivity index (χ2v) is 5.84. The van der Waals surface area contributed by atoms with Gasteiger partial charge in [-0.25, -0.2) is 4.98 Å². The van der Waals surface area contributed by atoms with Gasteiger partial charge >= 0.3 is 0 Å². The Morgan fingerprint density at radius 3 is 2.86 bits per heavy atom. The van der Waals surface area contributed by atoms with Gasteiger partial charge in [-0.05, 0) is 25.1 Å². The topological polar surface area (TPSA) is 64.4 Å². The Hall–Kier alpha value is -2.60. The largest absolute Gasteiger partial charge is 0.489 e. The average Bonchev–Trinajstić information content (AvgIpc) is 3.15. The Kier molecular flexibility index (Phi) is 4.20. The van der Waals surface area contributed by atoms with Crippen molar-refractivity contribution in [2.75, 3.05) is 5.32 Å². The zero-order chi connectivity index (χ0) is 15.4. The highest BCUT2D eigenvalue weighted by Gasteiger charge is 2.17. The number of aryl methyl sites for hydroxylation is 1. The van der Waals surface area contributed by atoms with Crippen molar-refractivity contribution in [2.24, 2.45) is 0 Å². The third-order valence-corrected chi connectivity index (χ3v) is 3.76. The molecule has 0 aliphatic carbocycles. The van der Waals surface area contributed by atoms with E-state index in [1.165, 1.54) is 17.6 Å². The molecule has 112 valence electrons. The van der Waals surface area contributed by atoms with E-state index in [0.717, 1.165) is 10.6 Å². The van der Waals surface area contributed by atoms with E-state index in [2.05, 4.69) is 10.3 Å². The maximum atomic E-state index is 12.2. The van der Waals surface area contributed by atoms with Crippen molar-refractivity contribution >= 4 is 22.4 Å². The minimum absolute atomic E-state index is 0.240.